The van der Waals surface area contributed by atoms with E-state index in [1.807, 2.05) is 0 Å². The van der Waals surface area contributed by atoms with Gasteiger partial charge in [0.05, 0.1) is 17.6 Å². The number of ether oxygens (including phenoxy) is 1. The predicted molar refractivity (Wildman–Crippen MR) is 85.2 cm³/mol. The molecule has 0 aromatic rings. The van der Waals surface area contributed by atoms with Crippen molar-refractivity contribution < 1.29 is 29.6 Å². The van der Waals surface area contributed by atoms with Gasteiger partial charge in [-0.3, -0.25) is 9.59 Å². The monoisotopic (exact) mass is 346 g/mol. The molecule has 5 aliphatic rings. The summed E-state index contributed by atoms with van der Waals surface area (Å²) in [6, 6.07) is 0. The first-order valence-electron chi connectivity index (χ1n) is 8.86. The second kappa shape index (κ2) is 4.01. The summed E-state index contributed by atoms with van der Waals surface area (Å²) < 4.78 is 5.87. The van der Waals surface area contributed by atoms with E-state index in [-0.39, 0.29) is 5.92 Å². The number of carboxylic acid groups (broad SMARTS) is 1. The van der Waals surface area contributed by atoms with E-state index >= 15 is 0 Å². The Labute approximate surface area is 145 Å². The zero-order valence-electron chi connectivity index (χ0n) is 14.1. The van der Waals surface area contributed by atoms with Crippen molar-refractivity contribution in [1.82, 2.24) is 0 Å². The molecular weight excluding hydrogens is 324 g/mol. The topological polar surface area (TPSA) is 104 Å². The second-order valence-electron chi connectivity index (χ2n) is 8.94. The van der Waals surface area contributed by atoms with Gasteiger partial charge in [-0.15, -0.1) is 0 Å². The van der Waals surface area contributed by atoms with Crippen molar-refractivity contribution in [2.45, 2.75) is 49.9 Å². The number of aliphatic carboxylic acids is 1. The summed E-state index contributed by atoms with van der Waals surface area (Å²) in [4.78, 5) is 25.1. The molecule has 1 saturated heterocycles. The van der Waals surface area contributed by atoms with Gasteiger partial charge in [-0.2, -0.15) is 0 Å². The highest BCUT2D eigenvalue weighted by molar-refractivity contribution is 5.86. The molecule has 3 saturated carbocycles. The molecule has 1 unspecified atom stereocenters. The fourth-order valence-corrected chi connectivity index (χ4v) is 7.13. The van der Waals surface area contributed by atoms with Crippen molar-refractivity contribution in [3.63, 3.8) is 0 Å². The average molecular weight is 346 g/mol. The number of fused-ring (bicyclic) bond motifs is 1. The molecule has 0 aromatic heterocycles. The van der Waals surface area contributed by atoms with Gasteiger partial charge < -0.3 is 20.1 Å². The smallest absolute Gasteiger partial charge is 0.316 e. The molecule has 0 aromatic carbocycles. The number of rotatable bonds is 1. The summed E-state index contributed by atoms with van der Waals surface area (Å²) in [5.41, 5.74) is -3.29. The Morgan fingerprint density at radius 2 is 2.16 bits per heavy atom. The third kappa shape index (κ3) is 1.36. The van der Waals surface area contributed by atoms with Crippen molar-refractivity contribution in [2.24, 2.45) is 28.6 Å². The first-order chi connectivity index (χ1) is 11.6. The van der Waals surface area contributed by atoms with E-state index in [0.717, 1.165) is 0 Å². The van der Waals surface area contributed by atoms with Crippen molar-refractivity contribution in [1.29, 1.82) is 0 Å². The molecule has 4 aliphatic carbocycles. The number of carbonyl (C=O) groups is 2. The van der Waals surface area contributed by atoms with Crippen molar-refractivity contribution in [3.8, 4) is 0 Å². The van der Waals surface area contributed by atoms with Gasteiger partial charge in [-0.1, -0.05) is 12.7 Å². The van der Waals surface area contributed by atoms with Crippen LogP contribution in [0.25, 0.3) is 0 Å². The Kier molecular flexibility index (Phi) is 2.50. The first kappa shape index (κ1) is 15.6. The Morgan fingerprint density at radius 1 is 1.44 bits per heavy atom. The summed E-state index contributed by atoms with van der Waals surface area (Å²) in [5, 5.41) is 31.6. The SMILES string of the molecule is C=C1C[C@@]23C[C@@]1(O)CC[C@@H]2[C@]12C=C[C@@H](O)C(C)(C(=O)O1)[C@@H]2[C@H]3C(=O)O. The number of carbonyl (C=O) groups excluding carboxylic acids is 1. The molecule has 1 aliphatic heterocycles. The van der Waals surface area contributed by atoms with Gasteiger partial charge in [0.1, 0.15) is 11.0 Å². The molecule has 3 N–H and O–H groups in total. The van der Waals surface area contributed by atoms with E-state index in [1.54, 1.807) is 19.1 Å². The van der Waals surface area contributed by atoms with Crippen LogP contribution in [-0.4, -0.2) is 44.6 Å². The van der Waals surface area contributed by atoms with Crippen LogP contribution in [-0.2, 0) is 14.3 Å². The van der Waals surface area contributed by atoms with Gasteiger partial charge in [0, 0.05) is 11.8 Å². The third-order valence-corrected chi connectivity index (χ3v) is 8.12. The molecule has 0 radical (unpaired) electrons. The van der Waals surface area contributed by atoms with E-state index in [9.17, 15) is 24.9 Å². The summed E-state index contributed by atoms with van der Waals surface area (Å²) in [6.45, 7) is 5.64. The standard InChI is InChI=1S/C19H22O6/c1-9-7-17-8-18(9,24)5-3-10(17)19-6-4-11(20)16(2,15(23)25-19)13(19)12(17)14(21)22/h4,6,10-13,20,24H,1,3,5,7-8H2,2H3,(H,21,22)/t10-,11+,12-,13-,16?,17+,18-,19-/m0/s1. The molecule has 6 heteroatoms. The lowest BCUT2D eigenvalue weighted by atomic mass is 9.61. The molecule has 4 fully saturated rings. The van der Waals surface area contributed by atoms with E-state index < -0.39 is 51.9 Å². The molecule has 25 heavy (non-hydrogen) atoms. The highest BCUT2D eigenvalue weighted by Gasteiger charge is 2.83. The molecule has 4 bridgehead atoms. The fourth-order valence-electron chi connectivity index (χ4n) is 7.13. The number of esters is 1. The van der Waals surface area contributed by atoms with Crippen LogP contribution in [0.4, 0.5) is 0 Å². The van der Waals surface area contributed by atoms with Gasteiger partial charge in [0.2, 0.25) is 0 Å². The lowest BCUT2D eigenvalue weighted by Gasteiger charge is -2.44. The first-order valence-corrected chi connectivity index (χ1v) is 8.86. The maximum absolute atomic E-state index is 12.7. The third-order valence-electron chi connectivity index (χ3n) is 8.12. The van der Waals surface area contributed by atoms with Crippen molar-refractivity contribution in [2.75, 3.05) is 0 Å². The zero-order valence-corrected chi connectivity index (χ0v) is 14.1. The number of carboxylic acids is 1. The minimum atomic E-state index is -1.27. The van der Waals surface area contributed by atoms with Crippen LogP contribution in [0, 0.1) is 28.6 Å². The average Bonchev–Trinajstić information content (AvgIpc) is 2.95. The van der Waals surface area contributed by atoms with E-state index in [2.05, 4.69) is 6.58 Å². The molecule has 6 nitrogen and oxygen atoms in total. The number of aliphatic hydroxyl groups excluding tert-OH is 1. The van der Waals surface area contributed by atoms with Gasteiger partial charge >= 0.3 is 11.9 Å². The van der Waals surface area contributed by atoms with E-state index in [4.69, 9.17) is 4.74 Å². The summed E-state index contributed by atoms with van der Waals surface area (Å²) in [5.74, 6) is -3.18. The van der Waals surface area contributed by atoms with Crippen molar-refractivity contribution >= 4 is 11.9 Å². The maximum Gasteiger partial charge on any atom is 0.316 e. The molecular formula is C19H22O6. The Morgan fingerprint density at radius 3 is 2.84 bits per heavy atom. The summed E-state index contributed by atoms with van der Waals surface area (Å²) in [6.07, 6.45) is 4.11. The van der Waals surface area contributed by atoms with Crippen LogP contribution in [0.5, 0.6) is 0 Å². The molecule has 8 atom stereocenters. The molecule has 0 amide bonds. The van der Waals surface area contributed by atoms with Crippen molar-refractivity contribution in [3.05, 3.63) is 24.3 Å². The van der Waals surface area contributed by atoms with Crippen LogP contribution in [0.15, 0.2) is 24.3 Å². The lowest BCUT2D eigenvalue weighted by molar-refractivity contribution is -0.163. The number of hydrogen-bond acceptors (Lipinski definition) is 5. The van der Waals surface area contributed by atoms with Crippen LogP contribution < -0.4 is 0 Å². The zero-order chi connectivity index (χ0) is 18.0. The largest absolute Gasteiger partial charge is 0.481 e. The van der Waals surface area contributed by atoms with E-state index in [0.29, 0.717) is 31.3 Å². The van der Waals surface area contributed by atoms with E-state index in [1.165, 1.54) is 0 Å². The van der Waals surface area contributed by atoms with Crippen LogP contribution >= 0.6 is 0 Å². The maximum atomic E-state index is 12.7. The lowest BCUT2D eigenvalue weighted by Crippen LogP contribution is -2.50. The number of aliphatic hydroxyl groups is 2. The number of hydrogen-bond donors (Lipinski definition) is 3. The minimum absolute atomic E-state index is 0.180. The Hall–Kier alpha value is -1.66. The minimum Gasteiger partial charge on any atom is -0.481 e. The second-order valence-corrected chi connectivity index (χ2v) is 8.94. The van der Waals surface area contributed by atoms with Crippen LogP contribution in [0.2, 0.25) is 0 Å². The molecule has 1 spiro atoms. The molecule has 5 rings (SSSR count). The quantitative estimate of drug-likeness (QED) is 0.484. The predicted octanol–water partition coefficient (Wildman–Crippen LogP) is 1.03. The Bertz CT molecular complexity index is 772. The normalized spacial score (nSPS) is 58.0. The van der Waals surface area contributed by atoms with Crippen LogP contribution in [0.3, 0.4) is 0 Å². The highest BCUT2D eigenvalue weighted by atomic mass is 16.6. The van der Waals surface area contributed by atoms with Gasteiger partial charge in [0.25, 0.3) is 0 Å². The van der Waals surface area contributed by atoms with Gasteiger partial charge in [0.15, 0.2) is 0 Å². The van der Waals surface area contributed by atoms with Crippen LogP contribution in [0.1, 0.15) is 32.6 Å². The van der Waals surface area contributed by atoms with Gasteiger partial charge in [-0.25, -0.2) is 0 Å². The highest BCUT2D eigenvalue weighted by Crippen LogP contribution is 2.77. The fraction of sp³-hybridized carbons (Fsp3) is 0.684. The summed E-state index contributed by atoms with van der Waals surface area (Å²) >= 11 is 0. The Balaban J connectivity index is 1.78. The molecule has 1 heterocycles. The summed E-state index contributed by atoms with van der Waals surface area (Å²) in [7, 11) is 0. The molecule has 134 valence electrons. The van der Waals surface area contributed by atoms with Gasteiger partial charge in [-0.05, 0) is 49.7 Å².